The Morgan fingerprint density at radius 2 is 1.21 bits per heavy atom. The van der Waals surface area contributed by atoms with Gasteiger partial charge in [-0.15, -0.1) is 0 Å². The summed E-state index contributed by atoms with van der Waals surface area (Å²) < 4.78 is 4.94. The molecular weight excluding hydrogens is 633 g/mol. The zero-order chi connectivity index (χ0) is 34.9. The van der Waals surface area contributed by atoms with E-state index in [2.05, 4.69) is 170 Å². The first-order valence-electron chi connectivity index (χ1n) is 18.5. The molecule has 0 saturated carbocycles. The molecule has 0 saturated heterocycles. The van der Waals surface area contributed by atoms with Gasteiger partial charge in [0.1, 0.15) is 5.82 Å². The van der Waals surface area contributed by atoms with Crippen LogP contribution in [0.1, 0.15) is 50.8 Å². The van der Waals surface area contributed by atoms with E-state index in [0.717, 1.165) is 40.1 Å². The Labute approximate surface area is 303 Å². The maximum Gasteiger partial charge on any atom is 0.162 e. The van der Waals surface area contributed by atoms with Gasteiger partial charge in [0.15, 0.2) is 5.82 Å². The molecular formula is C48H38N4. The van der Waals surface area contributed by atoms with Gasteiger partial charge in [-0.05, 0) is 58.7 Å². The molecule has 0 spiro atoms. The smallest absolute Gasteiger partial charge is 0.162 e. The maximum atomic E-state index is 5.30. The van der Waals surface area contributed by atoms with Crippen molar-refractivity contribution in [3.05, 3.63) is 156 Å². The third-order valence-corrected chi connectivity index (χ3v) is 12.5. The molecule has 52 heavy (non-hydrogen) atoms. The Bertz CT molecular complexity index is 2870. The molecule has 0 radical (unpaired) electrons. The van der Waals surface area contributed by atoms with Gasteiger partial charge in [-0.25, -0.2) is 9.97 Å². The molecule has 2 aliphatic rings. The monoisotopic (exact) mass is 670 g/mol. The number of rotatable bonds is 3. The molecule has 250 valence electrons. The van der Waals surface area contributed by atoms with Gasteiger partial charge in [-0.2, -0.15) is 0 Å². The van der Waals surface area contributed by atoms with E-state index in [9.17, 15) is 0 Å². The number of nitrogens with zero attached hydrogens (tertiary/aromatic N) is 4. The van der Waals surface area contributed by atoms with E-state index in [1.807, 2.05) is 6.07 Å². The van der Waals surface area contributed by atoms with Gasteiger partial charge in [0.2, 0.25) is 0 Å². The predicted molar refractivity (Wildman–Crippen MR) is 215 cm³/mol. The number of fused-ring (bicyclic) bond motifs is 9. The van der Waals surface area contributed by atoms with Crippen molar-refractivity contribution in [3.63, 3.8) is 0 Å². The first-order valence-corrected chi connectivity index (χ1v) is 18.5. The van der Waals surface area contributed by atoms with Crippen molar-refractivity contribution in [1.29, 1.82) is 0 Å². The van der Waals surface area contributed by atoms with Crippen molar-refractivity contribution in [1.82, 2.24) is 19.1 Å². The van der Waals surface area contributed by atoms with Gasteiger partial charge in [-0.1, -0.05) is 137 Å². The zero-order valence-electron chi connectivity index (χ0n) is 29.9. The fourth-order valence-electron chi connectivity index (χ4n) is 10.1. The van der Waals surface area contributed by atoms with Crippen LogP contribution < -0.4 is 0 Å². The van der Waals surface area contributed by atoms with Crippen LogP contribution in [0, 0.1) is 5.92 Å². The summed E-state index contributed by atoms with van der Waals surface area (Å²) in [5.74, 6) is 2.06. The summed E-state index contributed by atoms with van der Waals surface area (Å²) in [6.45, 7) is 9.84. The lowest BCUT2D eigenvalue weighted by atomic mass is 9.54. The van der Waals surface area contributed by atoms with Crippen molar-refractivity contribution in [2.24, 2.45) is 5.92 Å². The van der Waals surface area contributed by atoms with Gasteiger partial charge in [0.25, 0.3) is 0 Å². The molecule has 4 heteroatoms. The molecule has 9 aromatic rings. The van der Waals surface area contributed by atoms with Crippen LogP contribution in [0.4, 0.5) is 0 Å². The van der Waals surface area contributed by atoms with E-state index in [-0.39, 0.29) is 10.8 Å². The average Bonchev–Trinajstić information content (AvgIpc) is 3.70. The topological polar surface area (TPSA) is 35.6 Å². The molecule has 4 nitrogen and oxygen atoms in total. The highest BCUT2D eigenvalue weighted by Crippen LogP contribution is 2.59. The minimum atomic E-state index is -0.0823. The number of hydrogen-bond donors (Lipinski definition) is 0. The summed E-state index contributed by atoms with van der Waals surface area (Å²) in [5.41, 5.74) is 13.6. The van der Waals surface area contributed by atoms with Crippen LogP contribution in [0.25, 0.3) is 77.8 Å². The molecule has 0 amide bonds. The molecule has 11 rings (SSSR count). The van der Waals surface area contributed by atoms with E-state index in [1.165, 1.54) is 55.0 Å². The third kappa shape index (κ3) is 3.76. The zero-order valence-corrected chi connectivity index (χ0v) is 29.9. The normalized spacial score (nSPS) is 18.7. The second-order valence-corrected chi connectivity index (χ2v) is 15.8. The summed E-state index contributed by atoms with van der Waals surface area (Å²) in [4.78, 5) is 10.4. The number of hydrogen-bond acceptors (Lipinski definition) is 2. The molecule has 2 atom stereocenters. The average molecular weight is 671 g/mol. The highest BCUT2D eigenvalue weighted by molar-refractivity contribution is 6.29. The molecule has 1 aliphatic carbocycles. The molecule has 6 aromatic carbocycles. The molecule has 0 fully saturated rings. The largest absolute Gasteiger partial charge is 0.309 e. The Hall–Kier alpha value is -6.00. The van der Waals surface area contributed by atoms with Crippen LogP contribution in [-0.4, -0.2) is 19.1 Å². The van der Waals surface area contributed by atoms with Crippen molar-refractivity contribution in [2.75, 3.05) is 0 Å². The molecule has 0 N–H and O–H groups in total. The Morgan fingerprint density at radius 3 is 2.00 bits per heavy atom. The number of para-hydroxylation sites is 2. The molecule has 1 aliphatic heterocycles. The lowest BCUT2D eigenvalue weighted by Crippen LogP contribution is -2.45. The minimum absolute atomic E-state index is 0.0823. The minimum Gasteiger partial charge on any atom is -0.309 e. The molecule has 3 aromatic heterocycles. The molecule has 0 bridgehead atoms. The summed E-state index contributed by atoms with van der Waals surface area (Å²) in [6.07, 6.45) is 1.16. The van der Waals surface area contributed by atoms with Crippen LogP contribution >= 0.6 is 0 Å². The van der Waals surface area contributed by atoms with Crippen molar-refractivity contribution < 1.29 is 0 Å². The summed E-state index contributed by atoms with van der Waals surface area (Å²) in [7, 11) is 0. The van der Waals surface area contributed by atoms with Crippen LogP contribution in [0.3, 0.4) is 0 Å². The first kappa shape index (κ1) is 29.7. The fourth-order valence-corrected chi connectivity index (χ4v) is 10.1. The fraction of sp³-hybridized carbons (Fsp3) is 0.167. The Morgan fingerprint density at radius 1 is 0.577 bits per heavy atom. The van der Waals surface area contributed by atoms with Crippen LogP contribution in [0.15, 0.2) is 140 Å². The third-order valence-electron chi connectivity index (χ3n) is 12.5. The lowest BCUT2D eigenvalue weighted by molar-refractivity contribution is 0.250. The van der Waals surface area contributed by atoms with Gasteiger partial charge in [0.05, 0.1) is 33.4 Å². The SMILES string of the molecule is CC1CC(C)(C)c2cccc3c2C1(C)c1cccc2c4c5c6ccccc6n(-c6cc(-c7ccccc7)nc(-c7ccccc7)n6)c5ccc4n-3c12. The van der Waals surface area contributed by atoms with E-state index in [4.69, 9.17) is 9.97 Å². The van der Waals surface area contributed by atoms with Crippen molar-refractivity contribution in [2.45, 2.75) is 44.9 Å². The van der Waals surface area contributed by atoms with Gasteiger partial charge in [-0.3, -0.25) is 4.57 Å². The summed E-state index contributed by atoms with van der Waals surface area (Å²) >= 11 is 0. The number of benzene rings is 6. The quantitative estimate of drug-likeness (QED) is 0.188. The van der Waals surface area contributed by atoms with Gasteiger partial charge in [0, 0.05) is 44.2 Å². The van der Waals surface area contributed by atoms with E-state index in [0.29, 0.717) is 11.7 Å². The van der Waals surface area contributed by atoms with E-state index >= 15 is 0 Å². The lowest BCUT2D eigenvalue weighted by Gasteiger charge is -2.51. The second-order valence-electron chi connectivity index (χ2n) is 15.8. The van der Waals surface area contributed by atoms with Gasteiger partial charge < -0.3 is 4.57 Å². The van der Waals surface area contributed by atoms with Crippen molar-refractivity contribution >= 4 is 43.6 Å². The number of aromatic nitrogens is 4. The van der Waals surface area contributed by atoms with Gasteiger partial charge >= 0.3 is 0 Å². The highest BCUT2D eigenvalue weighted by atomic mass is 15.1. The van der Waals surface area contributed by atoms with Crippen LogP contribution in [0.2, 0.25) is 0 Å². The summed E-state index contributed by atoms with van der Waals surface area (Å²) in [5, 5.41) is 5.10. The second kappa shape index (κ2) is 10.3. The molecule has 2 unspecified atom stereocenters. The molecule has 4 heterocycles. The summed E-state index contributed by atoms with van der Waals surface area (Å²) in [6, 6.07) is 50.5. The standard InChI is InChI=1S/C48H38N4/c1-29-28-47(2,3)34-21-14-24-40-44(34)48(29,4)35-22-13-20-33-43-39(52(40)45(33)35)26-25-38-42(43)32-19-11-12-23-37(32)51(38)41-27-36(30-15-7-5-8-16-30)49-46(50-41)31-17-9-6-10-18-31/h5-27,29H,28H2,1-4H3. The Balaban J connectivity index is 1.27. The van der Waals surface area contributed by atoms with Crippen LogP contribution in [-0.2, 0) is 10.8 Å². The van der Waals surface area contributed by atoms with Crippen LogP contribution in [0.5, 0.6) is 0 Å². The Kier molecular flexibility index (Phi) is 5.88. The van der Waals surface area contributed by atoms with E-state index in [1.54, 1.807) is 0 Å². The highest BCUT2D eigenvalue weighted by Gasteiger charge is 2.50. The van der Waals surface area contributed by atoms with Crippen molar-refractivity contribution in [3.8, 4) is 34.2 Å². The maximum absolute atomic E-state index is 5.30. The first-order chi connectivity index (χ1) is 25.3. The predicted octanol–water partition coefficient (Wildman–Crippen LogP) is 11.9. The van der Waals surface area contributed by atoms with E-state index < -0.39 is 0 Å².